The van der Waals surface area contributed by atoms with Crippen molar-refractivity contribution < 1.29 is 18.0 Å². The van der Waals surface area contributed by atoms with Crippen molar-refractivity contribution in [1.29, 1.82) is 0 Å². The summed E-state index contributed by atoms with van der Waals surface area (Å²) >= 11 is 0. The van der Waals surface area contributed by atoms with E-state index < -0.39 is 8.80 Å². The molecule has 0 spiro atoms. The minimum absolute atomic E-state index is 0.430. The normalized spacial score (nSPS) is 13.9. The molecule has 0 bridgehead atoms. The molecule has 17 heavy (non-hydrogen) atoms. The van der Waals surface area contributed by atoms with Gasteiger partial charge in [-0.3, -0.25) is 0 Å². The Morgan fingerprint density at radius 3 is 2.00 bits per heavy atom. The van der Waals surface area contributed by atoms with Gasteiger partial charge in [-0.25, -0.2) is 0 Å². The largest absolute Gasteiger partial charge is 0.527 e. The summed E-state index contributed by atoms with van der Waals surface area (Å²) in [6.45, 7) is 5.19. The molecule has 1 unspecified atom stereocenters. The molecular formula is C12H28O4Si. The second-order valence-electron chi connectivity index (χ2n) is 4.23. The van der Waals surface area contributed by atoms with E-state index in [0.717, 1.165) is 13.0 Å². The predicted octanol–water partition coefficient (Wildman–Crippen LogP) is 2.64. The van der Waals surface area contributed by atoms with Crippen LogP contribution in [0.3, 0.4) is 0 Å². The second-order valence-corrected chi connectivity index (χ2v) is 7.11. The van der Waals surface area contributed by atoms with Gasteiger partial charge in [-0.15, -0.1) is 0 Å². The lowest BCUT2D eigenvalue weighted by atomic mass is 10.0. The van der Waals surface area contributed by atoms with Gasteiger partial charge in [0.05, 0.1) is 0 Å². The quantitative estimate of drug-likeness (QED) is 0.538. The van der Waals surface area contributed by atoms with E-state index >= 15 is 0 Å². The Morgan fingerprint density at radius 1 is 1.00 bits per heavy atom. The summed E-state index contributed by atoms with van der Waals surface area (Å²) in [5.74, 6) is 0.632. The van der Waals surface area contributed by atoms with Crippen LogP contribution in [0.5, 0.6) is 0 Å². The molecule has 0 aliphatic heterocycles. The van der Waals surface area contributed by atoms with E-state index in [1.807, 2.05) is 0 Å². The van der Waals surface area contributed by atoms with Crippen LogP contribution in [0, 0.1) is 5.92 Å². The number of unbranched alkanes of at least 4 members (excludes halogenated alkanes) is 1. The lowest BCUT2D eigenvalue weighted by molar-refractivity contribution is 0.0489. The molecule has 0 aromatic heterocycles. The van der Waals surface area contributed by atoms with Gasteiger partial charge in [-0.2, -0.15) is 0 Å². The highest BCUT2D eigenvalue weighted by atomic mass is 28.4. The predicted molar refractivity (Wildman–Crippen MR) is 70.9 cm³/mol. The van der Waals surface area contributed by atoms with Crippen LogP contribution < -0.4 is 0 Å². The van der Waals surface area contributed by atoms with Crippen LogP contribution in [-0.4, -0.2) is 43.0 Å². The van der Waals surface area contributed by atoms with E-state index in [2.05, 4.69) is 13.8 Å². The van der Waals surface area contributed by atoms with Crippen molar-refractivity contribution in [3.63, 3.8) is 0 Å². The van der Waals surface area contributed by atoms with Gasteiger partial charge in [0.1, 0.15) is 6.23 Å². The molecule has 0 saturated heterocycles. The van der Waals surface area contributed by atoms with Gasteiger partial charge in [-0.05, 0) is 12.3 Å². The van der Waals surface area contributed by atoms with Crippen LogP contribution in [-0.2, 0) is 18.0 Å². The Morgan fingerprint density at radius 2 is 1.59 bits per heavy atom. The zero-order valence-corrected chi connectivity index (χ0v) is 13.0. The maximum absolute atomic E-state index is 5.71. The Labute approximate surface area is 107 Å². The molecule has 0 radical (unpaired) electrons. The minimum atomic E-state index is -2.55. The third-order valence-electron chi connectivity index (χ3n) is 3.11. The van der Waals surface area contributed by atoms with E-state index in [-0.39, 0.29) is 0 Å². The highest BCUT2D eigenvalue weighted by Crippen LogP contribution is 2.14. The zero-order valence-electron chi connectivity index (χ0n) is 12.0. The smallest absolute Gasteiger partial charge is 0.377 e. The Balaban J connectivity index is 3.92. The third-order valence-corrected chi connectivity index (χ3v) is 5.53. The van der Waals surface area contributed by atoms with E-state index in [4.69, 9.17) is 18.0 Å². The van der Waals surface area contributed by atoms with Crippen LogP contribution in [0.2, 0.25) is 0 Å². The first-order chi connectivity index (χ1) is 8.17. The summed E-state index contributed by atoms with van der Waals surface area (Å²) in [5, 5.41) is 0. The van der Waals surface area contributed by atoms with Crippen molar-refractivity contribution in [3.8, 4) is 0 Å². The number of hydrogen-bond acceptors (Lipinski definition) is 4. The highest BCUT2D eigenvalue weighted by Gasteiger charge is 2.38. The lowest BCUT2D eigenvalue weighted by Crippen LogP contribution is -2.48. The van der Waals surface area contributed by atoms with E-state index in [1.54, 1.807) is 21.3 Å². The molecule has 1 atom stereocenters. The molecule has 5 heteroatoms. The van der Waals surface area contributed by atoms with Crippen molar-refractivity contribution in [3.05, 3.63) is 0 Å². The van der Waals surface area contributed by atoms with Gasteiger partial charge in [0.25, 0.3) is 0 Å². The molecule has 104 valence electrons. The molecule has 4 nitrogen and oxygen atoms in total. The van der Waals surface area contributed by atoms with E-state index in [1.165, 1.54) is 19.3 Å². The van der Waals surface area contributed by atoms with Gasteiger partial charge in [0, 0.05) is 27.9 Å². The fourth-order valence-electron chi connectivity index (χ4n) is 1.68. The van der Waals surface area contributed by atoms with Crippen molar-refractivity contribution in [2.75, 3.05) is 34.2 Å². The summed E-state index contributed by atoms with van der Waals surface area (Å²) in [5.41, 5.74) is 0. The van der Waals surface area contributed by atoms with Crippen LogP contribution in [0.15, 0.2) is 0 Å². The topological polar surface area (TPSA) is 36.9 Å². The maximum atomic E-state index is 5.71. The van der Waals surface area contributed by atoms with Gasteiger partial charge < -0.3 is 18.0 Å². The second kappa shape index (κ2) is 10.0. The summed E-state index contributed by atoms with van der Waals surface area (Å²) in [7, 11) is 2.27. The molecule has 0 saturated carbocycles. The van der Waals surface area contributed by atoms with Crippen LogP contribution in [0.1, 0.15) is 39.5 Å². The molecule has 0 N–H and O–H groups in total. The van der Waals surface area contributed by atoms with Gasteiger partial charge in [-0.1, -0.05) is 33.1 Å². The average molecular weight is 264 g/mol. The molecular weight excluding hydrogens is 236 g/mol. The van der Waals surface area contributed by atoms with E-state index in [0.29, 0.717) is 12.1 Å². The molecule has 0 aliphatic rings. The first-order valence-corrected chi connectivity index (χ1v) is 8.34. The lowest BCUT2D eigenvalue weighted by Gasteiger charge is -2.25. The van der Waals surface area contributed by atoms with Crippen LogP contribution >= 0.6 is 0 Å². The van der Waals surface area contributed by atoms with E-state index in [9.17, 15) is 0 Å². The molecule has 0 rings (SSSR count). The Hall–Kier alpha value is 0.0569. The van der Waals surface area contributed by atoms with Crippen molar-refractivity contribution in [2.24, 2.45) is 5.92 Å². The van der Waals surface area contributed by atoms with Crippen molar-refractivity contribution in [2.45, 2.75) is 39.5 Å². The number of rotatable bonds is 11. The maximum Gasteiger partial charge on any atom is 0.527 e. The van der Waals surface area contributed by atoms with Crippen LogP contribution in [0.4, 0.5) is 0 Å². The molecule has 0 aliphatic carbocycles. The summed E-state index contributed by atoms with van der Waals surface area (Å²) in [6.07, 6.45) is 5.32. The summed E-state index contributed by atoms with van der Waals surface area (Å²) in [4.78, 5) is 0. The first kappa shape index (κ1) is 17.1. The fraction of sp³-hybridized carbons (Fsp3) is 1.00. The SMILES string of the molecule is CCCCC(CC)COC[Si](OC)(OC)OC. The number of hydrogen-bond donors (Lipinski definition) is 0. The van der Waals surface area contributed by atoms with Crippen LogP contribution in [0.25, 0.3) is 0 Å². The average Bonchev–Trinajstić information content (AvgIpc) is 2.39. The molecule has 0 aromatic carbocycles. The molecule has 0 heterocycles. The first-order valence-electron chi connectivity index (χ1n) is 6.41. The van der Waals surface area contributed by atoms with Gasteiger partial charge in [0.2, 0.25) is 0 Å². The summed E-state index contributed by atoms with van der Waals surface area (Å²) < 4.78 is 21.6. The minimum Gasteiger partial charge on any atom is -0.377 e. The highest BCUT2D eigenvalue weighted by molar-refractivity contribution is 6.60. The summed E-state index contributed by atoms with van der Waals surface area (Å²) in [6, 6.07) is 0. The van der Waals surface area contributed by atoms with Gasteiger partial charge in [0.15, 0.2) is 0 Å². The molecule has 0 aromatic rings. The third kappa shape index (κ3) is 6.52. The number of ether oxygens (including phenoxy) is 1. The zero-order chi connectivity index (χ0) is 13.1. The standard InChI is InChI=1S/C12H28O4Si/c1-6-8-9-12(7-2)10-16-11-17(13-3,14-4)15-5/h12H,6-11H2,1-5H3. The molecule has 0 fully saturated rings. The molecule has 0 amide bonds. The fourth-order valence-corrected chi connectivity index (χ4v) is 2.90. The monoisotopic (exact) mass is 264 g/mol. The van der Waals surface area contributed by atoms with Crippen molar-refractivity contribution in [1.82, 2.24) is 0 Å². The Kier molecular flexibility index (Phi) is 10.1. The van der Waals surface area contributed by atoms with Crippen molar-refractivity contribution >= 4 is 8.80 Å². The Bertz CT molecular complexity index is 166. The van der Waals surface area contributed by atoms with Gasteiger partial charge >= 0.3 is 8.80 Å².